The zero-order valence-electron chi connectivity index (χ0n) is 20.5. The van der Waals surface area contributed by atoms with Gasteiger partial charge in [0.05, 0.1) is 12.7 Å². The quantitative estimate of drug-likeness (QED) is 0.530. The van der Waals surface area contributed by atoms with Crippen molar-refractivity contribution in [1.29, 1.82) is 0 Å². The van der Waals surface area contributed by atoms with Gasteiger partial charge in [-0.25, -0.2) is 0 Å². The third-order valence-corrected chi connectivity index (χ3v) is 7.58. The highest BCUT2D eigenvalue weighted by Gasteiger charge is 2.33. The van der Waals surface area contributed by atoms with E-state index in [1.54, 1.807) is 6.92 Å². The van der Waals surface area contributed by atoms with E-state index in [0.717, 1.165) is 33.0 Å². The third kappa shape index (κ3) is 5.53. The molecular weight excluding hydrogens is 424 g/mol. The van der Waals surface area contributed by atoms with Crippen molar-refractivity contribution in [2.75, 3.05) is 20.2 Å². The molecule has 0 radical (unpaired) electrons. The van der Waals surface area contributed by atoms with Gasteiger partial charge in [-0.05, 0) is 48.3 Å². The smallest absolute Gasteiger partial charge is 0.219 e. The van der Waals surface area contributed by atoms with Gasteiger partial charge in [-0.3, -0.25) is 4.79 Å². The van der Waals surface area contributed by atoms with E-state index in [9.17, 15) is 4.79 Å². The van der Waals surface area contributed by atoms with E-state index >= 15 is 0 Å². The van der Waals surface area contributed by atoms with E-state index in [4.69, 9.17) is 9.84 Å². The first-order chi connectivity index (χ1) is 16.7. The van der Waals surface area contributed by atoms with Crippen LogP contribution in [0.2, 0.25) is 0 Å². The average molecular weight is 463 g/mol. The van der Waals surface area contributed by atoms with E-state index in [2.05, 4.69) is 64.5 Å². The predicted molar refractivity (Wildman–Crippen MR) is 136 cm³/mol. The Kier molecular flexibility index (Phi) is 8.41. The van der Waals surface area contributed by atoms with Gasteiger partial charge in [0.15, 0.2) is 0 Å². The lowest BCUT2D eigenvalue weighted by atomic mass is 9.75. The minimum atomic E-state index is 0.0482. The molecule has 5 nitrogen and oxygen atoms in total. The first-order valence-corrected chi connectivity index (χ1v) is 12.6. The number of amides is 1. The largest absolute Gasteiger partial charge is 0.400 e. The van der Waals surface area contributed by atoms with Gasteiger partial charge in [-0.15, -0.1) is 0 Å². The van der Waals surface area contributed by atoms with Crippen molar-refractivity contribution in [3.8, 4) is 0 Å². The number of aliphatic hydroxyl groups is 1. The summed E-state index contributed by atoms with van der Waals surface area (Å²) in [6, 6.07) is 19.0. The van der Waals surface area contributed by atoms with E-state index < -0.39 is 0 Å². The lowest BCUT2D eigenvalue weighted by Crippen LogP contribution is -2.39. The number of benzene rings is 2. The number of ether oxygens (including phenoxy) is 1. The van der Waals surface area contributed by atoms with Crippen molar-refractivity contribution in [2.24, 2.45) is 11.8 Å². The Morgan fingerprint density at radius 1 is 1.03 bits per heavy atom. The van der Waals surface area contributed by atoms with E-state index in [-0.39, 0.29) is 12.0 Å². The van der Waals surface area contributed by atoms with Crippen LogP contribution in [0.5, 0.6) is 0 Å². The number of hydrogen-bond acceptors (Lipinski definition) is 3. The fourth-order valence-corrected chi connectivity index (χ4v) is 5.82. The van der Waals surface area contributed by atoms with Crippen LogP contribution in [0.3, 0.4) is 0 Å². The van der Waals surface area contributed by atoms with Crippen LogP contribution in [0.15, 0.2) is 54.6 Å². The van der Waals surface area contributed by atoms with Crippen LogP contribution in [-0.2, 0) is 22.6 Å². The fraction of sp³-hybridized carbons (Fsp3) is 0.483. The lowest BCUT2D eigenvalue weighted by molar-refractivity contribution is -0.130. The normalized spacial score (nSPS) is 22.8. The molecule has 2 N–H and O–H groups in total. The molecule has 1 aliphatic carbocycles. The van der Waals surface area contributed by atoms with Crippen molar-refractivity contribution in [2.45, 2.75) is 58.2 Å². The molecular formula is C29H38N2O3. The fourth-order valence-electron chi connectivity index (χ4n) is 5.82. The van der Waals surface area contributed by atoms with Gasteiger partial charge in [0, 0.05) is 43.7 Å². The van der Waals surface area contributed by atoms with Gasteiger partial charge in [-0.2, -0.15) is 0 Å². The van der Waals surface area contributed by atoms with Gasteiger partial charge in [0.2, 0.25) is 5.91 Å². The Morgan fingerprint density at radius 3 is 2.50 bits per heavy atom. The average Bonchev–Trinajstić information content (AvgIpc) is 3.25. The van der Waals surface area contributed by atoms with Crippen molar-refractivity contribution < 1.29 is 14.6 Å². The molecule has 0 bridgehead atoms. The second-order valence-corrected chi connectivity index (χ2v) is 9.60. The Balaban J connectivity index is 0.00000133. The summed E-state index contributed by atoms with van der Waals surface area (Å²) in [5, 5.41) is 8.26. The lowest BCUT2D eigenvalue weighted by Gasteiger charge is -2.38. The van der Waals surface area contributed by atoms with Gasteiger partial charge in [-0.1, -0.05) is 67.8 Å². The Hall–Kier alpha value is -2.63. The van der Waals surface area contributed by atoms with Crippen LogP contribution in [0.25, 0.3) is 10.9 Å². The molecule has 0 saturated heterocycles. The molecule has 1 fully saturated rings. The number of aromatic amines is 1. The molecule has 1 aromatic heterocycles. The van der Waals surface area contributed by atoms with Crippen LogP contribution in [-0.4, -0.2) is 41.1 Å². The Labute approximate surface area is 203 Å². The molecule has 5 heteroatoms. The van der Waals surface area contributed by atoms with Crippen LogP contribution in [0.1, 0.15) is 62.0 Å². The first kappa shape index (κ1) is 24.5. The number of H-pyrrole nitrogens is 1. The number of para-hydroxylation sites is 1. The highest BCUT2D eigenvalue weighted by Crippen LogP contribution is 2.41. The van der Waals surface area contributed by atoms with E-state index in [1.165, 1.54) is 53.4 Å². The molecule has 1 saturated carbocycles. The van der Waals surface area contributed by atoms with Gasteiger partial charge < -0.3 is 19.7 Å². The second-order valence-electron chi connectivity index (χ2n) is 9.60. The molecule has 2 aromatic carbocycles. The summed E-state index contributed by atoms with van der Waals surface area (Å²) in [6.07, 6.45) is 6.94. The Bertz CT molecular complexity index is 1060. The van der Waals surface area contributed by atoms with Crippen molar-refractivity contribution >= 4 is 16.8 Å². The number of carbonyl (C=O) groups excluding carboxylic acids is 1. The van der Waals surface area contributed by atoms with Gasteiger partial charge >= 0.3 is 0 Å². The molecule has 1 amide bonds. The van der Waals surface area contributed by atoms with Crippen molar-refractivity contribution in [3.05, 3.63) is 71.4 Å². The van der Waals surface area contributed by atoms with E-state index in [1.807, 2.05) is 0 Å². The maximum absolute atomic E-state index is 12.5. The summed E-state index contributed by atoms with van der Waals surface area (Å²) in [4.78, 5) is 18.3. The summed E-state index contributed by atoms with van der Waals surface area (Å²) >= 11 is 0. The number of rotatable bonds is 3. The van der Waals surface area contributed by atoms with Crippen LogP contribution in [0, 0.1) is 11.8 Å². The van der Waals surface area contributed by atoms with Crippen LogP contribution in [0.4, 0.5) is 0 Å². The summed E-state index contributed by atoms with van der Waals surface area (Å²) in [5.41, 5.74) is 4.92. The molecule has 3 unspecified atom stereocenters. The molecule has 3 atom stereocenters. The predicted octanol–water partition coefficient (Wildman–Crippen LogP) is 5.64. The molecule has 5 rings (SSSR count). The van der Waals surface area contributed by atoms with Crippen LogP contribution < -0.4 is 0 Å². The molecule has 1 aliphatic heterocycles. The van der Waals surface area contributed by atoms with Gasteiger partial charge in [0.25, 0.3) is 0 Å². The molecule has 3 aromatic rings. The number of carbonyl (C=O) groups is 1. The number of fused-ring (bicyclic) bond motifs is 4. The topological polar surface area (TPSA) is 65.6 Å². The molecule has 182 valence electrons. The second kappa shape index (κ2) is 11.7. The van der Waals surface area contributed by atoms with Crippen LogP contribution >= 0.6 is 0 Å². The summed E-state index contributed by atoms with van der Waals surface area (Å²) in [7, 11) is 1.00. The number of hydrogen-bond donors (Lipinski definition) is 2. The minimum Gasteiger partial charge on any atom is -0.400 e. The third-order valence-electron chi connectivity index (χ3n) is 7.58. The number of nitrogens with one attached hydrogen (secondary N) is 1. The summed E-state index contributed by atoms with van der Waals surface area (Å²) < 4.78 is 6.67. The molecule has 34 heavy (non-hydrogen) atoms. The van der Waals surface area contributed by atoms with E-state index in [0.29, 0.717) is 18.4 Å². The summed E-state index contributed by atoms with van der Waals surface area (Å²) in [5.74, 6) is 1.36. The highest BCUT2D eigenvalue weighted by molar-refractivity contribution is 5.85. The maximum Gasteiger partial charge on any atom is 0.219 e. The molecule has 2 heterocycles. The monoisotopic (exact) mass is 462 g/mol. The highest BCUT2D eigenvalue weighted by atomic mass is 16.5. The summed E-state index contributed by atoms with van der Waals surface area (Å²) in [6.45, 7) is 4.02. The zero-order chi connectivity index (χ0) is 23.9. The molecule has 2 aliphatic rings. The zero-order valence-corrected chi connectivity index (χ0v) is 20.5. The van der Waals surface area contributed by atoms with Crippen molar-refractivity contribution in [3.63, 3.8) is 0 Å². The minimum absolute atomic E-state index is 0.0482. The SMILES string of the molecule is CC(=O)N1CCc2c([nH]c3ccccc23)C(OCc2ccccc2)CC2CCCCC2C1.CO. The standard InChI is InChI=1S/C28H34N2O2.CH4O/c1-20(31)30-16-15-25-24-13-7-8-14-26(24)29-28(25)27(32-19-21-9-3-2-4-10-21)17-22-11-5-6-12-23(22)18-30;1-2/h2-4,7-10,13-14,22-23,27,29H,5-6,11-12,15-19H2,1H3;2H,1H3. The number of nitrogens with zero attached hydrogens (tertiary/aromatic N) is 1. The first-order valence-electron chi connectivity index (χ1n) is 12.6. The maximum atomic E-state index is 12.5. The number of aromatic nitrogens is 1. The van der Waals surface area contributed by atoms with Gasteiger partial charge in [0.1, 0.15) is 0 Å². The molecule has 0 spiro atoms. The van der Waals surface area contributed by atoms with Crippen molar-refractivity contribution in [1.82, 2.24) is 9.88 Å². The number of aliphatic hydroxyl groups excluding tert-OH is 1. The Morgan fingerprint density at radius 2 is 1.74 bits per heavy atom.